The number of anilines is 2. The van der Waals surface area contributed by atoms with E-state index in [0.29, 0.717) is 16.5 Å². The lowest BCUT2D eigenvalue weighted by Gasteiger charge is -2.16. The molecule has 0 aromatic heterocycles. The highest BCUT2D eigenvalue weighted by molar-refractivity contribution is 6.33. The largest absolute Gasteiger partial charge is 0.489 e. The normalized spacial score (nSPS) is 10.5. The number of aromatic carboxylic acids is 1. The van der Waals surface area contributed by atoms with Crippen LogP contribution in [0.25, 0.3) is 0 Å². The molecule has 0 atom stereocenters. The second-order valence-corrected chi connectivity index (χ2v) is 5.19. The van der Waals surface area contributed by atoms with Crippen LogP contribution in [0.5, 0.6) is 5.75 Å². The van der Waals surface area contributed by atoms with Crippen LogP contribution < -0.4 is 10.1 Å². The molecular formula is C16H16ClNO3. The molecule has 0 saturated heterocycles. The van der Waals surface area contributed by atoms with E-state index in [9.17, 15) is 4.79 Å². The fraction of sp³-hybridized carbons (Fsp3) is 0.188. The second kappa shape index (κ2) is 6.50. The van der Waals surface area contributed by atoms with E-state index >= 15 is 0 Å². The average Bonchev–Trinajstić information content (AvgIpc) is 2.42. The van der Waals surface area contributed by atoms with Crippen LogP contribution in [0, 0.1) is 0 Å². The van der Waals surface area contributed by atoms with Crippen LogP contribution in [0.2, 0.25) is 5.02 Å². The number of rotatable bonds is 5. The van der Waals surface area contributed by atoms with Gasteiger partial charge in [0.2, 0.25) is 0 Å². The van der Waals surface area contributed by atoms with Gasteiger partial charge in [-0.15, -0.1) is 0 Å². The van der Waals surface area contributed by atoms with E-state index in [1.807, 2.05) is 38.1 Å². The summed E-state index contributed by atoms with van der Waals surface area (Å²) in [5, 5.41) is 12.6. The summed E-state index contributed by atoms with van der Waals surface area (Å²) in [4.78, 5) is 11.0. The van der Waals surface area contributed by atoms with Crippen LogP contribution in [0.1, 0.15) is 24.2 Å². The molecule has 2 rings (SSSR count). The summed E-state index contributed by atoms with van der Waals surface area (Å²) in [6.07, 6.45) is 0.0359. The number of carboxylic acids is 1. The standard InChI is InChI=1S/C16H16ClNO3/c1-10(2)21-15-6-4-3-5-13(15)18-14-9-11(16(19)20)7-8-12(14)17/h3-10,18H,1-2H3,(H,19,20). The number of hydrogen-bond donors (Lipinski definition) is 2. The third kappa shape index (κ3) is 3.89. The van der Waals surface area contributed by atoms with E-state index < -0.39 is 5.97 Å². The van der Waals surface area contributed by atoms with Crippen molar-refractivity contribution >= 4 is 28.9 Å². The number of hydrogen-bond acceptors (Lipinski definition) is 3. The smallest absolute Gasteiger partial charge is 0.335 e. The Morgan fingerprint density at radius 1 is 1.19 bits per heavy atom. The van der Waals surface area contributed by atoms with E-state index in [-0.39, 0.29) is 11.7 Å². The molecule has 0 radical (unpaired) electrons. The average molecular weight is 306 g/mol. The van der Waals surface area contributed by atoms with Gasteiger partial charge < -0.3 is 15.2 Å². The molecular weight excluding hydrogens is 290 g/mol. The number of benzene rings is 2. The molecule has 21 heavy (non-hydrogen) atoms. The van der Waals surface area contributed by atoms with Gasteiger partial charge in [-0.05, 0) is 44.2 Å². The van der Waals surface area contributed by atoms with Gasteiger partial charge >= 0.3 is 5.97 Å². The third-order valence-corrected chi connectivity index (χ3v) is 3.06. The van der Waals surface area contributed by atoms with Crippen LogP contribution >= 0.6 is 11.6 Å². The number of para-hydroxylation sites is 2. The molecule has 4 nitrogen and oxygen atoms in total. The quantitative estimate of drug-likeness (QED) is 0.849. The molecule has 0 fully saturated rings. The fourth-order valence-corrected chi connectivity index (χ4v) is 1.99. The Kier molecular flexibility index (Phi) is 4.70. The summed E-state index contributed by atoms with van der Waals surface area (Å²) in [6, 6.07) is 11.9. The summed E-state index contributed by atoms with van der Waals surface area (Å²) < 4.78 is 5.71. The van der Waals surface area contributed by atoms with Crippen LogP contribution in [-0.4, -0.2) is 17.2 Å². The van der Waals surface area contributed by atoms with E-state index in [2.05, 4.69) is 5.32 Å². The first-order chi connectivity index (χ1) is 9.97. The van der Waals surface area contributed by atoms with E-state index in [0.717, 1.165) is 5.69 Å². The Labute approximate surface area is 128 Å². The number of carbonyl (C=O) groups is 1. The highest BCUT2D eigenvalue weighted by atomic mass is 35.5. The van der Waals surface area contributed by atoms with Gasteiger partial charge in [0.05, 0.1) is 28.1 Å². The first-order valence-corrected chi connectivity index (χ1v) is 6.90. The van der Waals surface area contributed by atoms with Crippen LogP contribution in [0.4, 0.5) is 11.4 Å². The Hall–Kier alpha value is -2.20. The van der Waals surface area contributed by atoms with Crippen molar-refractivity contribution in [3.05, 3.63) is 53.1 Å². The SMILES string of the molecule is CC(C)Oc1ccccc1Nc1cc(C(=O)O)ccc1Cl. The van der Waals surface area contributed by atoms with Crippen molar-refractivity contribution < 1.29 is 14.6 Å². The molecule has 2 N–H and O–H groups in total. The summed E-state index contributed by atoms with van der Waals surface area (Å²) >= 11 is 6.11. The number of carboxylic acid groups (broad SMARTS) is 1. The van der Waals surface area contributed by atoms with Crippen molar-refractivity contribution in [3.63, 3.8) is 0 Å². The van der Waals surface area contributed by atoms with Gasteiger partial charge in [0.15, 0.2) is 0 Å². The first-order valence-electron chi connectivity index (χ1n) is 6.53. The van der Waals surface area contributed by atoms with Crippen molar-refractivity contribution in [3.8, 4) is 5.75 Å². The zero-order valence-corrected chi connectivity index (χ0v) is 12.5. The minimum absolute atomic E-state index is 0.0359. The third-order valence-electron chi connectivity index (χ3n) is 2.73. The topological polar surface area (TPSA) is 58.6 Å². The van der Waals surface area contributed by atoms with Crippen molar-refractivity contribution in [1.29, 1.82) is 0 Å². The Morgan fingerprint density at radius 3 is 2.57 bits per heavy atom. The lowest BCUT2D eigenvalue weighted by Crippen LogP contribution is -2.07. The lowest BCUT2D eigenvalue weighted by atomic mass is 10.2. The lowest BCUT2D eigenvalue weighted by molar-refractivity contribution is 0.0697. The van der Waals surface area contributed by atoms with Gasteiger partial charge in [0.1, 0.15) is 5.75 Å². The van der Waals surface area contributed by atoms with Crippen LogP contribution in [0.3, 0.4) is 0 Å². The maximum absolute atomic E-state index is 11.0. The molecule has 5 heteroatoms. The molecule has 0 heterocycles. The minimum Gasteiger partial charge on any atom is -0.489 e. The molecule has 0 spiro atoms. The molecule has 2 aromatic rings. The zero-order valence-electron chi connectivity index (χ0n) is 11.8. The zero-order chi connectivity index (χ0) is 15.4. The van der Waals surface area contributed by atoms with Gasteiger partial charge in [-0.3, -0.25) is 0 Å². The number of halogens is 1. The molecule has 0 bridgehead atoms. The van der Waals surface area contributed by atoms with Gasteiger partial charge in [-0.2, -0.15) is 0 Å². The predicted octanol–water partition coefficient (Wildman–Crippen LogP) is 4.57. The molecule has 110 valence electrons. The second-order valence-electron chi connectivity index (χ2n) is 4.79. The minimum atomic E-state index is -0.999. The van der Waals surface area contributed by atoms with Crippen molar-refractivity contribution in [2.24, 2.45) is 0 Å². The van der Waals surface area contributed by atoms with Crippen LogP contribution in [0.15, 0.2) is 42.5 Å². The van der Waals surface area contributed by atoms with Gasteiger partial charge in [0.25, 0.3) is 0 Å². The Balaban J connectivity index is 2.34. The molecule has 0 aliphatic heterocycles. The molecule has 0 unspecified atom stereocenters. The summed E-state index contributed by atoms with van der Waals surface area (Å²) in [7, 11) is 0. The number of ether oxygens (including phenoxy) is 1. The maximum Gasteiger partial charge on any atom is 0.335 e. The highest BCUT2D eigenvalue weighted by Crippen LogP contribution is 2.32. The van der Waals surface area contributed by atoms with Gasteiger partial charge in [-0.1, -0.05) is 23.7 Å². The van der Waals surface area contributed by atoms with Crippen molar-refractivity contribution in [2.75, 3.05) is 5.32 Å². The van der Waals surface area contributed by atoms with Crippen molar-refractivity contribution in [2.45, 2.75) is 20.0 Å². The highest BCUT2D eigenvalue weighted by Gasteiger charge is 2.10. The Bertz CT molecular complexity index is 656. The Morgan fingerprint density at radius 2 is 1.90 bits per heavy atom. The summed E-state index contributed by atoms with van der Waals surface area (Å²) in [5.74, 6) is -0.314. The molecule has 0 saturated carbocycles. The van der Waals surface area contributed by atoms with E-state index in [1.165, 1.54) is 12.1 Å². The summed E-state index contributed by atoms with van der Waals surface area (Å²) in [5.41, 5.74) is 1.43. The maximum atomic E-state index is 11.0. The van der Waals surface area contributed by atoms with Gasteiger partial charge in [0, 0.05) is 0 Å². The predicted molar refractivity (Wildman–Crippen MR) is 83.9 cm³/mol. The first kappa shape index (κ1) is 15.2. The van der Waals surface area contributed by atoms with Gasteiger partial charge in [-0.25, -0.2) is 4.79 Å². The van der Waals surface area contributed by atoms with E-state index in [4.69, 9.17) is 21.4 Å². The fourth-order valence-electron chi connectivity index (χ4n) is 1.83. The van der Waals surface area contributed by atoms with Crippen LogP contribution in [-0.2, 0) is 0 Å². The molecule has 2 aromatic carbocycles. The molecule has 0 aliphatic rings. The summed E-state index contributed by atoms with van der Waals surface area (Å²) in [6.45, 7) is 3.88. The van der Waals surface area contributed by atoms with E-state index in [1.54, 1.807) is 6.07 Å². The monoisotopic (exact) mass is 305 g/mol. The number of nitrogens with one attached hydrogen (secondary N) is 1. The van der Waals surface area contributed by atoms with Crippen molar-refractivity contribution in [1.82, 2.24) is 0 Å². The molecule has 0 amide bonds. The molecule has 0 aliphatic carbocycles.